The third kappa shape index (κ3) is 2.80. The van der Waals surface area contributed by atoms with Crippen molar-refractivity contribution >= 4 is 16.9 Å². The van der Waals surface area contributed by atoms with Crippen LogP contribution in [0.25, 0.3) is 11.0 Å². The van der Waals surface area contributed by atoms with E-state index in [9.17, 15) is 8.78 Å². The van der Waals surface area contributed by atoms with Crippen molar-refractivity contribution < 1.29 is 13.5 Å². The number of nitrogens with zero attached hydrogens (tertiary/aromatic N) is 3. The highest BCUT2D eigenvalue weighted by Gasteiger charge is 2.44. The number of nitrogens with one attached hydrogen (secondary N) is 1. The normalized spacial score (nSPS) is 17.0. The summed E-state index contributed by atoms with van der Waals surface area (Å²) in [6.45, 7) is -0.717. The van der Waals surface area contributed by atoms with E-state index in [1.807, 2.05) is 0 Å². The van der Waals surface area contributed by atoms with Crippen LogP contribution in [0.15, 0.2) is 36.7 Å². The maximum atomic E-state index is 14.6. The van der Waals surface area contributed by atoms with Crippen LogP contribution in [0.3, 0.4) is 0 Å². The van der Waals surface area contributed by atoms with Crippen LogP contribution in [0.2, 0.25) is 0 Å². The van der Waals surface area contributed by atoms with E-state index in [-0.39, 0.29) is 11.4 Å². The summed E-state index contributed by atoms with van der Waals surface area (Å²) >= 11 is 0. The molecule has 8 heteroatoms. The minimum atomic E-state index is -3.09. The lowest BCUT2D eigenvalue weighted by molar-refractivity contribution is -0.146. The Morgan fingerprint density at radius 3 is 2.62 bits per heavy atom. The van der Waals surface area contributed by atoms with Gasteiger partial charge < -0.3 is 10.5 Å². The minimum absolute atomic E-state index is 0.0644. The first-order chi connectivity index (χ1) is 12.5. The second-order valence-corrected chi connectivity index (χ2v) is 6.62. The Bertz CT molecular complexity index is 906. The molecule has 0 radical (unpaired) electrons. The molecule has 2 aromatic heterocycles. The van der Waals surface area contributed by atoms with Crippen LogP contribution < -0.4 is 5.73 Å². The van der Waals surface area contributed by atoms with Gasteiger partial charge in [0, 0.05) is 5.56 Å². The predicted molar refractivity (Wildman–Crippen MR) is 92.5 cm³/mol. The first kappa shape index (κ1) is 16.8. The SMILES string of the molecule is Nc1ncnc2n[nH]c(C3(OCC(F)(F)c4ccccc4)CCCC3)c12. The van der Waals surface area contributed by atoms with Gasteiger partial charge in [-0.3, -0.25) is 5.10 Å². The maximum Gasteiger partial charge on any atom is 0.296 e. The van der Waals surface area contributed by atoms with Gasteiger partial charge >= 0.3 is 0 Å². The maximum absolute atomic E-state index is 14.6. The van der Waals surface area contributed by atoms with Crippen LogP contribution in [0.1, 0.15) is 36.9 Å². The molecular weight excluding hydrogens is 340 g/mol. The quantitative estimate of drug-likeness (QED) is 0.727. The minimum Gasteiger partial charge on any atom is -0.383 e. The molecule has 4 rings (SSSR count). The van der Waals surface area contributed by atoms with Gasteiger partial charge in [-0.25, -0.2) is 9.97 Å². The summed E-state index contributed by atoms with van der Waals surface area (Å²) < 4.78 is 35.1. The molecule has 0 unspecified atom stereocenters. The van der Waals surface area contributed by atoms with Gasteiger partial charge in [0.05, 0.1) is 11.1 Å². The van der Waals surface area contributed by atoms with Crippen molar-refractivity contribution in [3.63, 3.8) is 0 Å². The number of aromatic amines is 1. The average Bonchev–Trinajstić information content (AvgIpc) is 3.29. The lowest BCUT2D eigenvalue weighted by atomic mass is 9.95. The highest BCUT2D eigenvalue weighted by molar-refractivity contribution is 5.88. The Morgan fingerprint density at radius 2 is 1.88 bits per heavy atom. The molecule has 0 saturated heterocycles. The van der Waals surface area contributed by atoms with Crippen LogP contribution in [0.4, 0.5) is 14.6 Å². The smallest absolute Gasteiger partial charge is 0.296 e. The second-order valence-electron chi connectivity index (χ2n) is 6.62. The number of aromatic nitrogens is 4. The molecule has 6 nitrogen and oxygen atoms in total. The number of nitrogen functional groups attached to an aromatic ring is 1. The molecule has 0 bridgehead atoms. The van der Waals surface area contributed by atoms with Crippen molar-refractivity contribution in [3.8, 4) is 0 Å². The first-order valence-corrected chi connectivity index (χ1v) is 8.54. The van der Waals surface area contributed by atoms with Crippen molar-refractivity contribution in [2.45, 2.75) is 37.2 Å². The fourth-order valence-electron chi connectivity index (χ4n) is 3.62. The lowest BCUT2D eigenvalue weighted by Crippen LogP contribution is -2.33. The number of fused-ring (bicyclic) bond motifs is 1. The number of benzene rings is 1. The zero-order valence-electron chi connectivity index (χ0n) is 14.1. The number of rotatable bonds is 5. The lowest BCUT2D eigenvalue weighted by Gasteiger charge is -2.31. The van der Waals surface area contributed by atoms with E-state index >= 15 is 0 Å². The Hall–Kier alpha value is -2.61. The Morgan fingerprint density at radius 1 is 1.15 bits per heavy atom. The van der Waals surface area contributed by atoms with Gasteiger partial charge in [0.1, 0.15) is 24.4 Å². The Labute approximate surface area is 148 Å². The van der Waals surface area contributed by atoms with Gasteiger partial charge in [-0.1, -0.05) is 43.2 Å². The zero-order valence-corrected chi connectivity index (χ0v) is 14.1. The zero-order chi connectivity index (χ0) is 18.2. The van der Waals surface area contributed by atoms with E-state index in [1.165, 1.54) is 18.5 Å². The van der Waals surface area contributed by atoms with E-state index < -0.39 is 18.1 Å². The van der Waals surface area contributed by atoms with E-state index in [0.29, 0.717) is 29.6 Å². The molecule has 0 atom stereocenters. The fraction of sp³-hybridized carbons (Fsp3) is 0.389. The summed E-state index contributed by atoms with van der Waals surface area (Å²) in [5.74, 6) is -2.82. The molecule has 1 fully saturated rings. The van der Waals surface area contributed by atoms with E-state index in [2.05, 4.69) is 20.2 Å². The van der Waals surface area contributed by atoms with Crippen molar-refractivity contribution in [1.82, 2.24) is 20.2 Å². The third-order valence-electron chi connectivity index (χ3n) is 4.97. The number of alkyl halides is 2. The molecule has 1 aliphatic rings. The van der Waals surface area contributed by atoms with Gasteiger partial charge in [-0.2, -0.15) is 13.9 Å². The molecule has 0 amide bonds. The highest BCUT2D eigenvalue weighted by atomic mass is 19.3. The second kappa shape index (κ2) is 6.28. The third-order valence-corrected chi connectivity index (χ3v) is 4.97. The summed E-state index contributed by atoms with van der Waals surface area (Å²) in [6.07, 6.45) is 4.32. The molecule has 3 N–H and O–H groups in total. The number of hydrogen-bond donors (Lipinski definition) is 2. The van der Waals surface area contributed by atoms with Gasteiger partial charge in [-0.05, 0) is 12.8 Å². The van der Waals surface area contributed by atoms with Gasteiger partial charge in [0.25, 0.3) is 5.92 Å². The monoisotopic (exact) mass is 359 g/mol. The molecule has 0 spiro atoms. The van der Waals surface area contributed by atoms with Crippen molar-refractivity contribution in [2.75, 3.05) is 12.3 Å². The average molecular weight is 359 g/mol. The molecule has 136 valence electrons. The number of halogens is 2. The van der Waals surface area contributed by atoms with Crippen LogP contribution >= 0.6 is 0 Å². The molecule has 26 heavy (non-hydrogen) atoms. The molecule has 3 aromatic rings. The summed E-state index contributed by atoms with van der Waals surface area (Å²) in [5, 5.41) is 7.61. The first-order valence-electron chi connectivity index (χ1n) is 8.54. The number of H-pyrrole nitrogens is 1. The van der Waals surface area contributed by atoms with E-state index in [4.69, 9.17) is 10.5 Å². The number of ether oxygens (including phenoxy) is 1. The molecule has 2 heterocycles. The Kier molecular flexibility index (Phi) is 4.07. The molecule has 1 saturated carbocycles. The van der Waals surface area contributed by atoms with Gasteiger partial charge in [0.15, 0.2) is 5.65 Å². The largest absolute Gasteiger partial charge is 0.383 e. The van der Waals surface area contributed by atoms with E-state index in [1.54, 1.807) is 18.2 Å². The van der Waals surface area contributed by atoms with Crippen LogP contribution in [0, 0.1) is 0 Å². The highest BCUT2D eigenvalue weighted by Crippen LogP contribution is 2.45. The fourth-order valence-corrected chi connectivity index (χ4v) is 3.62. The van der Waals surface area contributed by atoms with Crippen molar-refractivity contribution in [2.24, 2.45) is 0 Å². The topological polar surface area (TPSA) is 89.7 Å². The number of anilines is 1. The van der Waals surface area contributed by atoms with Crippen LogP contribution in [-0.4, -0.2) is 26.8 Å². The number of hydrogen-bond acceptors (Lipinski definition) is 5. The summed E-state index contributed by atoms with van der Waals surface area (Å²) in [7, 11) is 0. The summed E-state index contributed by atoms with van der Waals surface area (Å²) in [4.78, 5) is 8.09. The predicted octanol–water partition coefficient (Wildman–Crippen LogP) is 3.51. The van der Waals surface area contributed by atoms with Crippen LogP contribution in [0.5, 0.6) is 0 Å². The Balaban J connectivity index is 1.67. The van der Waals surface area contributed by atoms with E-state index in [0.717, 1.165) is 12.8 Å². The summed E-state index contributed by atoms with van der Waals surface area (Å²) in [6, 6.07) is 7.70. The number of nitrogens with two attached hydrogens (primary N) is 1. The molecule has 0 aliphatic heterocycles. The molecular formula is C18H19F2N5O. The van der Waals surface area contributed by atoms with Crippen LogP contribution in [-0.2, 0) is 16.3 Å². The van der Waals surface area contributed by atoms with Gasteiger partial charge in [-0.15, -0.1) is 0 Å². The molecule has 1 aromatic carbocycles. The van der Waals surface area contributed by atoms with Crippen molar-refractivity contribution in [1.29, 1.82) is 0 Å². The van der Waals surface area contributed by atoms with Gasteiger partial charge in [0.2, 0.25) is 0 Å². The van der Waals surface area contributed by atoms with Crippen molar-refractivity contribution in [3.05, 3.63) is 47.9 Å². The summed E-state index contributed by atoms with van der Waals surface area (Å²) in [5.41, 5.74) is 6.04. The standard InChI is InChI=1S/C18H19F2N5O/c19-18(20,12-6-2-1-3-7-12)10-26-17(8-4-5-9-17)14-13-15(21)22-11-23-16(13)25-24-14/h1-3,6-7,11H,4-5,8-10H2,(H3,21,22,23,24,25). The molecule has 1 aliphatic carbocycles.